The number of oxazole rings is 1. The smallest absolute Gasteiger partial charge is 0.452 e. The summed E-state index contributed by atoms with van der Waals surface area (Å²) in [5, 5.41) is 8.67. The molecule has 0 aliphatic rings. The Bertz CT molecular complexity index is 716. The lowest BCUT2D eigenvalue weighted by molar-refractivity contribution is -0.153. The van der Waals surface area contributed by atoms with Crippen LogP contribution in [0.2, 0.25) is 0 Å². The van der Waals surface area contributed by atoms with Crippen LogP contribution in [0.1, 0.15) is 21.8 Å². The Morgan fingerprint density at radius 3 is 2.09 bits per heavy atom. The monoisotopic (exact) mass is 325 g/mol. The van der Waals surface area contributed by atoms with E-state index in [1.807, 2.05) is 0 Å². The highest BCUT2D eigenvalue weighted by molar-refractivity contribution is 5.87. The lowest BCUT2D eigenvalue weighted by Gasteiger charge is -2.09. The average molecular weight is 325 g/mol. The molecule has 0 fully saturated rings. The van der Waals surface area contributed by atoms with E-state index in [2.05, 4.69) is 9.40 Å². The summed E-state index contributed by atoms with van der Waals surface area (Å²) >= 11 is 0. The zero-order valence-corrected chi connectivity index (χ0v) is 10.3. The molecule has 0 atom stereocenters. The van der Waals surface area contributed by atoms with Crippen molar-refractivity contribution in [2.45, 2.75) is 12.4 Å². The first kappa shape index (κ1) is 15.9. The number of hydrogen-bond acceptors (Lipinski definition) is 3. The average Bonchev–Trinajstić information content (AvgIpc) is 2.82. The molecule has 0 bridgehead atoms. The minimum atomic E-state index is -5.20. The molecule has 0 radical (unpaired) electrons. The Hall–Kier alpha value is -2.52. The summed E-state index contributed by atoms with van der Waals surface area (Å²) in [5.41, 5.74) is -3.57. The fourth-order valence-electron chi connectivity index (χ4n) is 1.69. The molecule has 0 saturated carbocycles. The van der Waals surface area contributed by atoms with Crippen molar-refractivity contribution in [2.75, 3.05) is 0 Å². The van der Waals surface area contributed by atoms with Crippen LogP contribution in [-0.4, -0.2) is 16.1 Å². The maximum Gasteiger partial charge on any atom is 0.452 e. The second-order valence-corrected chi connectivity index (χ2v) is 4.04. The van der Waals surface area contributed by atoms with Gasteiger partial charge < -0.3 is 9.52 Å². The predicted octanol–water partition coefficient (Wildman–Crippen LogP) is 4.08. The first-order chi connectivity index (χ1) is 10.0. The topological polar surface area (TPSA) is 63.3 Å². The van der Waals surface area contributed by atoms with Gasteiger partial charge in [-0.05, 0) is 12.1 Å². The van der Waals surface area contributed by atoms with E-state index in [1.54, 1.807) is 0 Å². The van der Waals surface area contributed by atoms with Crippen LogP contribution in [0.15, 0.2) is 28.7 Å². The van der Waals surface area contributed by atoms with Crippen LogP contribution >= 0.6 is 0 Å². The number of carbonyl (C=O) groups is 1. The molecular weight excluding hydrogens is 320 g/mol. The van der Waals surface area contributed by atoms with Crippen molar-refractivity contribution in [1.29, 1.82) is 0 Å². The molecule has 1 aromatic carbocycles. The van der Waals surface area contributed by atoms with Gasteiger partial charge in [-0.1, -0.05) is 12.1 Å². The van der Waals surface area contributed by atoms with Gasteiger partial charge in [-0.2, -0.15) is 26.3 Å². The summed E-state index contributed by atoms with van der Waals surface area (Å²) in [4.78, 5) is 13.8. The number of halogens is 6. The molecular formula is C12H5F6NO3. The first-order valence-electron chi connectivity index (χ1n) is 5.49. The molecule has 22 heavy (non-hydrogen) atoms. The molecule has 0 aliphatic carbocycles. The summed E-state index contributed by atoms with van der Waals surface area (Å²) in [6.07, 6.45) is -10.1. The van der Waals surface area contributed by atoms with Gasteiger partial charge in [0.15, 0.2) is 5.69 Å². The summed E-state index contributed by atoms with van der Waals surface area (Å²) in [6, 6.07) is 3.61. The van der Waals surface area contributed by atoms with E-state index in [-0.39, 0.29) is 0 Å². The van der Waals surface area contributed by atoms with Crippen LogP contribution in [0.25, 0.3) is 11.5 Å². The van der Waals surface area contributed by atoms with Crippen LogP contribution in [0.5, 0.6) is 0 Å². The third kappa shape index (κ3) is 2.90. The quantitative estimate of drug-likeness (QED) is 0.845. The van der Waals surface area contributed by atoms with Crippen LogP contribution in [0, 0.1) is 0 Å². The van der Waals surface area contributed by atoms with Gasteiger partial charge in [-0.25, -0.2) is 9.78 Å². The number of aromatic nitrogens is 1. The molecule has 1 heterocycles. The van der Waals surface area contributed by atoms with Crippen LogP contribution in [-0.2, 0) is 12.4 Å². The molecule has 2 aromatic rings. The SMILES string of the molecule is O=C(O)c1nc(-c2ccccc2C(F)(F)F)oc1C(F)(F)F. The molecule has 0 amide bonds. The van der Waals surface area contributed by atoms with Crippen molar-refractivity contribution in [1.82, 2.24) is 4.98 Å². The molecule has 0 saturated heterocycles. The van der Waals surface area contributed by atoms with Crippen LogP contribution in [0.4, 0.5) is 26.3 Å². The summed E-state index contributed by atoms with van der Waals surface area (Å²) in [6.45, 7) is 0. The fraction of sp³-hybridized carbons (Fsp3) is 0.167. The predicted molar refractivity (Wildman–Crippen MR) is 58.9 cm³/mol. The van der Waals surface area contributed by atoms with E-state index in [1.165, 1.54) is 0 Å². The number of nitrogens with zero attached hydrogens (tertiary/aromatic N) is 1. The summed E-state index contributed by atoms with van der Waals surface area (Å²) in [5.74, 6) is -5.10. The second kappa shape index (κ2) is 5.04. The van der Waals surface area contributed by atoms with E-state index in [0.29, 0.717) is 6.07 Å². The van der Waals surface area contributed by atoms with Gasteiger partial charge in [-0.3, -0.25) is 0 Å². The summed E-state index contributed by atoms with van der Waals surface area (Å²) in [7, 11) is 0. The number of alkyl halides is 6. The molecule has 0 unspecified atom stereocenters. The Morgan fingerprint density at radius 2 is 1.64 bits per heavy atom. The Morgan fingerprint density at radius 1 is 1.05 bits per heavy atom. The van der Waals surface area contributed by atoms with Crippen LogP contribution in [0.3, 0.4) is 0 Å². The van der Waals surface area contributed by atoms with Crippen molar-refractivity contribution >= 4 is 5.97 Å². The van der Waals surface area contributed by atoms with Gasteiger partial charge in [-0.15, -0.1) is 0 Å². The van der Waals surface area contributed by atoms with Crippen molar-refractivity contribution in [2.24, 2.45) is 0 Å². The first-order valence-corrected chi connectivity index (χ1v) is 5.49. The van der Waals surface area contributed by atoms with Gasteiger partial charge in [0.05, 0.1) is 5.56 Å². The maximum atomic E-state index is 12.8. The van der Waals surface area contributed by atoms with Crippen LogP contribution < -0.4 is 0 Å². The molecule has 2 rings (SSSR count). The van der Waals surface area contributed by atoms with Crippen molar-refractivity contribution in [3.63, 3.8) is 0 Å². The van der Waals surface area contributed by atoms with Gasteiger partial charge in [0.2, 0.25) is 11.7 Å². The zero-order valence-electron chi connectivity index (χ0n) is 10.3. The third-order valence-corrected chi connectivity index (χ3v) is 2.55. The highest BCUT2D eigenvalue weighted by Crippen LogP contribution is 2.40. The van der Waals surface area contributed by atoms with E-state index >= 15 is 0 Å². The summed E-state index contributed by atoms with van der Waals surface area (Å²) < 4.78 is 80.7. The van der Waals surface area contributed by atoms with Crippen molar-refractivity contribution < 1.29 is 40.7 Å². The lowest BCUT2D eigenvalue weighted by atomic mass is 10.1. The van der Waals surface area contributed by atoms with Gasteiger partial charge in [0.1, 0.15) is 0 Å². The molecule has 0 aliphatic heterocycles. The van der Waals surface area contributed by atoms with Crippen molar-refractivity contribution in [3.05, 3.63) is 41.3 Å². The number of rotatable bonds is 2. The number of hydrogen-bond donors (Lipinski definition) is 1. The number of benzene rings is 1. The third-order valence-electron chi connectivity index (χ3n) is 2.55. The number of carboxylic acid groups (broad SMARTS) is 1. The molecule has 118 valence electrons. The normalized spacial score (nSPS) is 12.5. The molecule has 10 heteroatoms. The standard InChI is InChI=1S/C12H5F6NO3/c13-11(14,15)6-4-2-1-3-5(6)9-19-7(10(20)21)8(22-9)12(16,17)18/h1-4H,(H,20,21). The molecule has 1 aromatic heterocycles. The van der Waals surface area contributed by atoms with Gasteiger partial charge in [0.25, 0.3) is 0 Å². The van der Waals surface area contributed by atoms with Crippen molar-refractivity contribution in [3.8, 4) is 11.5 Å². The second-order valence-electron chi connectivity index (χ2n) is 4.04. The van der Waals surface area contributed by atoms with E-state index in [0.717, 1.165) is 18.2 Å². The zero-order chi connectivity index (χ0) is 16.7. The minimum absolute atomic E-state index is 0.618. The molecule has 0 spiro atoms. The minimum Gasteiger partial charge on any atom is -0.476 e. The van der Waals surface area contributed by atoms with E-state index < -0.39 is 46.8 Å². The Kier molecular flexibility index (Phi) is 3.63. The number of aromatic carboxylic acids is 1. The number of carboxylic acids is 1. The fourth-order valence-corrected chi connectivity index (χ4v) is 1.69. The van der Waals surface area contributed by atoms with Gasteiger partial charge >= 0.3 is 18.3 Å². The largest absolute Gasteiger partial charge is 0.476 e. The molecule has 1 N–H and O–H groups in total. The molecule has 4 nitrogen and oxygen atoms in total. The Balaban J connectivity index is 2.68. The Labute approximate surface area is 118 Å². The van der Waals surface area contributed by atoms with E-state index in [9.17, 15) is 31.1 Å². The van der Waals surface area contributed by atoms with E-state index in [4.69, 9.17) is 5.11 Å². The highest BCUT2D eigenvalue weighted by Gasteiger charge is 2.43. The lowest BCUT2D eigenvalue weighted by Crippen LogP contribution is -2.10. The van der Waals surface area contributed by atoms with Gasteiger partial charge in [0, 0.05) is 5.56 Å². The maximum absolute atomic E-state index is 12.8. The highest BCUT2D eigenvalue weighted by atomic mass is 19.4.